The lowest BCUT2D eigenvalue weighted by Gasteiger charge is -2.19. The second kappa shape index (κ2) is 6.36. The average molecular weight is 218 g/mol. The summed E-state index contributed by atoms with van der Waals surface area (Å²) in [5.74, 6) is -1.21. The van der Waals surface area contributed by atoms with E-state index in [1.54, 1.807) is 13.8 Å². The van der Waals surface area contributed by atoms with E-state index in [1.807, 2.05) is 0 Å². The van der Waals surface area contributed by atoms with Crippen molar-refractivity contribution in [3.8, 4) is 0 Å². The molecular weight excluding hydrogens is 200 g/mol. The van der Waals surface area contributed by atoms with Gasteiger partial charge in [0, 0.05) is 0 Å². The summed E-state index contributed by atoms with van der Waals surface area (Å²) >= 11 is 0. The number of rotatable bonds is 5. The summed E-state index contributed by atoms with van der Waals surface area (Å²) in [5.41, 5.74) is 5.56. The molecule has 2 unspecified atom stereocenters. The van der Waals surface area contributed by atoms with Crippen molar-refractivity contribution in [2.45, 2.75) is 25.9 Å². The first kappa shape index (κ1) is 13.9. The van der Waals surface area contributed by atoms with E-state index in [-0.39, 0.29) is 5.92 Å². The molecule has 0 aliphatic carbocycles. The quantitative estimate of drug-likeness (QED) is 0.494. The van der Waals surface area contributed by atoms with Crippen molar-refractivity contribution in [3.63, 3.8) is 0 Å². The fourth-order valence-electron chi connectivity index (χ4n) is 0.892. The van der Waals surface area contributed by atoms with Crippen LogP contribution < -0.4 is 11.1 Å². The molecule has 1 amide bonds. The first-order valence-corrected chi connectivity index (χ1v) is 4.68. The zero-order valence-corrected chi connectivity index (χ0v) is 9.19. The minimum absolute atomic E-state index is 0.0398. The molecule has 0 aromatic rings. The molecule has 0 rings (SSSR count). The molecular formula is C9H18N2O4. The lowest BCUT2D eigenvalue weighted by molar-refractivity contribution is -0.146. The molecule has 0 bridgehead atoms. The van der Waals surface area contributed by atoms with Gasteiger partial charge in [0.25, 0.3) is 0 Å². The fraction of sp³-hybridized carbons (Fsp3) is 0.778. The maximum absolute atomic E-state index is 11.4. The Bertz CT molecular complexity index is 230. The van der Waals surface area contributed by atoms with Crippen LogP contribution in [0.25, 0.3) is 0 Å². The first-order valence-electron chi connectivity index (χ1n) is 4.68. The van der Waals surface area contributed by atoms with Crippen molar-refractivity contribution in [1.82, 2.24) is 5.32 Å². The topological polar surface area (TPSA) is 102 Å². The second-order valence-corrected chi connectivity index (χ2v) is 3.54. The van der Waals surface area contributed by atoms with Gasteiger partial charge in [0.1, 0.15) is 0 Å². The van der Waals surface area contributed by atoms with Gasteiger partial charge >= 0.3 is 5.97 Å². The summed E-state index contributed by atoms with van der Waals surface area (Å²) in [4.78, 5) is 22.5. The third-order valence-corrected chi connectivity index (χ3v) is 2.01. The number of hydrogen-bond acceptors (Lipinski definition) is 5. The number of carbonyl (C=O) groups is 2. The largest absolute Gasteiger partial charge is 0.467 e. The van der Waals surface area contributed by atoms with Crippen molar-refractivity contribution in [1.29, 1.82) is 0 Å². The van der Waals surface area contributed by atoms with Gasteiger partial charge in [-0.2, -0.15) is 0 Å². The molecule has 0 saturated carbocycles. The molecule has 2 atom stereocenters. The maximum atomic E-state index is 11.4. The van der Waals surface area contributed by atoms with Crippen LogP contribution in [0.5, 0.6) is 0 Å². The minimum Gasteiger partial charge on any atom is -0.467 e. The van der Waals surface area contributed by atoms with Gasteiger partial charge in [-0.15, -0.1) is 0 Å². The van der Waals surface area contributed by atoms with Gasteiger partial charge in [0.2, 0.25) is 5.91 Å². The van der Waals surface area contributed by atoms with E-state index < -0.39 is 30.6 Å². The number of hydrogen-bond donors (Lipinski definition) is 3. The van der Waals surface area contributed by atoms with Crippen LogP contribution in [0.15, 0.2) is 0 Å². The van der Waals surface area contributed by atoms with Crippen LogP contribution in [-0.4, -0.2) is 42.8 Å². The summed E-state index contributed by atoms with van der Waals surface area (Å²) in [6.45, 7) is 3.07. The molecule has 0 radical (unpaired) electrons. The van der Waals surface area contributed by atoms with Crippen molar-refractivity contribution < 1.29 is 19.4 Å². The van der Waals surface area contributed by atoms with E-state index in [4.69, 9.17) is 10.8 Å². The molecule has 15 heavy (non-hydrogen) atoms. The zero-order valence-electron chi connectivity index (χ0n) is 9.19. The molecule has 0 spiro atoms. The monoisotopic (exact) mass is 218 g/mol. The first-order chi connectivity index (χ1) is 6.93. The average Bonchev–Trinajstić information content (AvgIpc) is 2.22. The summed E-state index contributed by atoms with van der Waals surface area (Å²) in [6, 6.07) is -1.75. The molecule has 6 nitrogen and oxygen atoms in total. The number of carbonyl (C=O) groups excluding carboxylic acids is 2. The van der Waals surface area contributed by atoms with Crippen LogP contribution in [0.3, 0.4) is 0 Å². The van der Waals surface area contributed by atoms with Gasteiger partial charge in [-0.1, -0.05) is 13.8 Å². The van der Waals surface area contributed by atoms with E-state index >= 15 is 0 Å². The summed E-state index contributed by atoms with van der Waals surface area (Å²) in [6.07, 6.45) is 0. The Balaban J connectivity index is 4.30. The molecule has 0 aromatic heterocycles. The van der Waals surface area contributed by atoms with Crippen LogP contribution >= 0.6 is 0 Å². The number of methoxy groups -OCH3 is 1. The molecule has 6 heteroatoms. The predicted octanol–water partition coefficient (Wildman–Crippen LogP) is -1.38. The number of aliphatic hydroxyl groups excluding tert-OH is 1. The highest BCUT2D eigenvalue weighted by Gasteiger charge is 2.24. The lowest BCUT2D eigenvalue weighted by atomic mass is 10.0. The van der Waals surface area contributed by atoms with E-state index in [2.05, 4.69) is 10.1 Å². The van der Waals surface area contributed by atoms with Crippen molar-refractivity contribution >= 4 is 11.9 Å². The number of nitrogens with one attached hydrogen (secondary N) is 1. The highest BCUT2D eigenvalue weighted by Crippen LogP contribution is 1.99. The maximum Gasteiger partial charge on any atom is 0.330 e. The molecule has 88 valence electrons. The van der Waals surface area contributed by atoms with E-state index in [0.717, 1.165) is 0 Å². The predicted molar refractivity (Wildman–Crippen MR) is 53.8 cm³/mol. The zero-order chi connectivity index (χ0) is 12.0. The molecule has 0 aromatic carbocycles. The Morgan fingerprint density at radius 3 is 2.33 bits per heavy atom. The normalized spacial score (nSPS) is 14.5. The Labute approximate surface area is 88.8 Å². The van der Waals surface area contributed by atoms with Crippen molar-refractivity contribution in [2.24, 2.45) is 11.7 Å². The number of ether oxygens (including phenoxy) is 1. The summed E-state index contributed by atoms with van der Waals surface area (Å²) in [5, 5.41) is 11.2. The van der Waals surface area contributed by atoms with Crippen LogP contribution in [-0.2, 0) is 14.3 Å². The van der Waals surface area contributed by atoms with Gasteiger partial charge in [0.15, 0.2) is 6.04 Å². The smallest absolute Gasteiger partial charge is 0.330 e. The van der Waals surface area contributed by atoms with Crippen LogP contribution in [0.1, 0.15) is 13.8 Å². The lowest BCUT2D eigenvalue weighted by Crippen LogP contribution is -2.51. The van der Waals surface area contributed by atoms with Gasteiger partial charge in [-0.05, 0) is 5.92 Å². The number of esters is 1. The van der Waals surface area contributed by atoms with Crippen LogP contribution in [0, 0.1) is 5.92 Å². The Hall–Kier alpha value is -1.14. The summed E-state index contributed by atoms with van der Waals surface area (Å²) < 4.78 is 4.39. The van der Waals surface area contributed by atoms with E-state index in [1.165, 1.54) is 7.11 Å². The van der Waals surface area contributed by atoms with E-state index in [9.17, 15) is 9.59 Å². The molecule has 0 heterocycles. The number of nitrogens with two attached hydrogens (primary N) is 1. The van der Waals surface area contributed by atoms with Crippen molar-refractivity contribution in [3.05, 3.63) is 0 Å². The molecule has 4 N–H and O–H groups in total. The van der Waals surface area contributed by atoms with Crippen LogP contribution in [0.4, 0.5) is 0 Å². The van der Waals surface area contributed by atoms with Crippen LogP contribution in [0.2, 0.25) is 0 Å². The molecule has 0 aliphatic heterocycles. The van der Waals surface area contributed by atoms with E-state index in [0.29, 0.717) is 0 Å². The van der Waals surface area contributed by atoms with Gasteiger partial charge in [-0.25, -0.2) is 4.79 Å². The SMILES string of the molecule is COC(=O)C(CO)NC(=O)C(N)C(C)C. The highest BCUT2D eigenvalue weighted by atomic mass is 16.5. The number of aliphatic hydroxyl groups is 1. The Morgan fingerprint density at radius 1 is 1.47 bits per heavy atom. The third kappa shape index (κ3) is 4.26. The van der Waals surface area contributed by atoms with Gasteiger partial charge in [0.05, 0.1) is 19.8 Å². The molecule has 0 saturated heterocycles. The fourth-order valence-corrected chi connectivity index (χ4v) is 0.892. The summed E-state index contributed by atoms with van der Waals surface area (Å²) in [7, 11) is 1.18. The van der Waals surface area contributed by atoms with Gasteiger partial charge < -0.3 is 20.9 Å². The third-order valence-electron chi connectivity index (χ3n) is 2.01. The molecule has 0 fully saturated rings. The second-order valence-electron chi connectivity index (χ2n) is 3.54. The van der Waals surface area contributed by atoms with Crippen molar-refractivity contribution in [2.75, 3.05) is 13.7 Å². The number of amides is 1. The van der Waals surface area contributed by atoms with Gasteiger partial charge in [-0.3, -0.25) is 4.79 Å². The molecule has 0 aliphatic rings. The minimum atomic E-state index is -1.05. The Morgan fingerprint density at radius 2 is 2.00 bits per heavy atom. The Kier molecular flexibility index (Phi) is 5.88. The highest BCUT2D eigenvalue weighted by molar-refractivity contribution is 5.87. The standard InChI is InChI=1S/C9H18N2O4/c1-5(2)7(10)8(13)11-6(4-12)9(14)15-3/h5-7,12H,4,10H2,1-3H3,(H,11,13).